The highest BCUT2D eigenvalue weighted by Crippen LogP contribution is 2.16. The van der Waals surface area contributed by atoms with E-state index in [2.05, 4.69) is 11.4 Å². The maximum absolute atomic E-state index is 13.3. The highest BCUT2D eigenvalue weighted by atomic mass is 16.2. The number of hydrogen-bond acceptors (Lipinski definition) is 2. The molecule has 0 saturated heterocycles. The number of carbonyl (C=O) groups is 2. The van der Waals surface area contributed by atoms with Crippen LogP contribution in [-0.4, -0.2) is 28.8 Å². The number of rotatable bonds is 8. The molecular weight excluding hydrogens is 348 g/mol. The van der Waals surface area contributed by atoms with Gasteiger partial charge in [-0.25, -0.2) is 0 Å². The van der Waals surface area contributed by atoms with Gasteiger partial charge in [0.05, 0.1) is 6.42 Å². The van der Waals surface area contributed by atoms with Crippen LogP contribution in [0.15, 0.2) is 48.5 Å². The van der Waals surface area contributed by atoms with E-state index in [1.54, 1.807) is 4.90 Å². The van der Waals surface area contributed by atoms with Crippen molar-refractivity contribution in [2.24, 2.45) is 0 Å². The van der Waals surface area contributed by atoms with Gasteiger partial charge < -0.3 is 10.2 Å². The molecule has 0 aromatic heterocycles. The first-order chi connectivity index (χ1) is 13.3. The molecule has 0 heterocycles. The van der Waals surface area contributed by atoms with Crippen LogP contribution >= 0.6 is 0 Å². The highest BCUT2D eigenvalue weighted by molar-refractivity contribution is 5.88. The Morgan fingerprint density at radius 3 is 2.11 bits per heavy atom. The Labute approximate surface area is 169 Å². The summed E-state index contributed by atoms with van der Waals surface area (Å²) in [5.74, 6) is -0.123. The standard InChI is InChI=1S/C24H32N2O2/c1-6-22(24(28)25-17(2)3)26(16-20-10-8-7-9-11-20)23(27)15-21-13-18(4)12-19(5)14-21/h7-14,17,22H,6,15-16H2,1-5H3,(H,25,28)/t22-/m0/s1. The van der Waals surface area contributed by atoms with Crippen LogP contribution in [0.5, 0.6) is 0 Å². The largest absolute Gasteiger partial charge is 0.352 e. The Morgan fingerprint density at radius 2 is 1.57 bits per heavy atom. The van der Waals surface area contributed by atoms with E-state index in [4.69, 9.17) is 0 Å². The Bertz CT molecular complexity index is 779. The van der Waals surface area contributed by atoms with Crippen LogP contribution in [0.3, 0.4) is 0 Å². The second kappa shape index (κ2) is 10.1. The van der Waals surface area contributed by atoms with Crippen molar-refractivity contribution in [3.8, 4) is 0 Å². The van der Waals surface area contributed by atoms with Crippen molar-refractivity contribution < 1.29 is 9.59 Å². The molecular formula is C24H32N2O2. The molecule has 0 bridgehead atoms. The van der Waals surface area contributed by atoms with Gasteiger partial charge in [-0.3, -0.25) is 9.59 Å². The summed E-state index contributed by atoms with van der Waals surface area (Å²) in [6.07, 6.45) is 0.866. The van der Waals surface area contributed by atoms with Crippen LogP contribution < -0.4 is 5.32 Å². The van der Waals surface area contributed by atoms with Crippen LogP contribution in [0.25, 0.3) is 0 Å². The second-order valence-corrected chi connectivity index (χ2v) is 7.77. The van der Waals surface area contributed by atoms with E-state index >= 15 is 0 Å². The SMILES string of the molecule is CC[C@@H](C(=O)NC(C)C)N(Cc1ccccc1)C(=O)Cc1cc(C)cc(C)c1. The van der Waals surface area contributed by atoms with Gasteiger partial charge in [-0.15, -0.1) is 0 Å². The van der Waals surface area contributed by atoms with E-state index in [-0.39, 0.29) is 17.9 Å². The second-order valence-electron chi connectivity index (χ2n) is 7.77. The summed E-state index contributed by atoms with van der Waals surface area (Å²) in [7, 11) is 0. The van der Waals surface area contributed by atoms with E-state index < -0.39 is 6.04 Å². The lowest BCUT2D eigenvalue weighted by molar-refractivity contribution is -0.141. The molecule has 0 spiro atoms. The topological polar surface area (TPSA) is 49.4 Å². The molecule has 0 aliphatic rings. The molecule has 2 aromatic carbocycles. The van der Waals surface area contributed by atoms with E-state index in [0.29, 0.717) is 19.4 Å². The highest BCUT2D eigenvalue weighted by Gasteiger charge is 2.28. The third-order valence-corrected chi connectivity index (χ3v) is 4.65. The first kappa shape index (κ1) is 21.7. The fraction of sp³-hybridized carbons (Fsp3) is 0.417. The van der Waals surface area contributed by atoms with Crippen molar-refractivity contribution in [3.05, 3.63) is 70.8 Å². The fourth-order valence-electron chi connectivity index (χ4n) is 3.53. The number of aryl methyl sites for hydroxylation is 2. The molecule has 4 nitrogen and oxygen atoms in total. The summed E-state index contributed by atoms with van der Waals surface area (Å²) in [4.78, 5) is 27.8. The Hall–Kier alpha value is -2.62. The van der Waals surface area contributed by atoms with Gasteiger partial charge in [0.2, 0.25) is 11.8 Å². The number of hydrogen-bond donors (Lipinski definition) is 1. The molecule has 2 amide bonds. The molecule has 0 unspecified atom stereocenters. The lowest BCUT2D eigenvalue weighted by atomic mass is 10.0. The summed E-state index contributed by atoms with van der Waals surface area (Å²) >= 11 is 0. The van der Waals surface area contributed by atoms with Gasteiger partial charge >= 0.3 is 0 Å². The molecule has 150 valence electrons. The van der Waals surface area contributed by atoms with Gasteiger partial charge in [0, 0.05) is 12.6 Å². The maximum Gasteiger partial charge on any atom is 0.243 e. The van der Waals surface area contributed by atoms with Gasteiger partial charge in [0.1, 0.15) is 6.04 Å². The Morgan fingerprint density at radius 1 is 0.964 bits per heavy atom. The molecule has 0 aliphatic carbocycles. The molecule has 0 aliphatic heterocycles. The number of benzene rings is 2. The summed E-state index contributed by atoms with van der Waals surface area (Å²) < 4.78 is 0. The molecule has 1 N–H and O–H groups in total. The molecule has 0 fully saturated rings. The van der Waals surface area contributed by atoms with Gasteiger partial charge in [-0.2, -0.15) is 0 Å². The molecule has 2 aromatic rings. The van der Waals surface area contributed by atoms with E-state index in [1.165, 1.54) is 0 Å². The average Bonchev–Trinajstić information content (AvgIpc) is 2.60. The minimum Gasteiger partial charge on any atom is -0.352 e. The van der Waals surface area contributed by atoms with Crippen LogP contribution in [-0.2, 0) is 22.6 Å². The smallest absolute Gasteiger partial charge is 0.243 e. The van der Waals surface area contributed by atoms with Crippen molar-refractivity contribution in [1.82, 2.24) is 10.2 Å². The lowest BCUT2D eigenvalue weighted by Crippen LogP contribution is -2.50. The van der Waals surface area contributed by atoms with Gasteiger partial charge in [0.15, 0.2) is 0 Å². The van der Waals surface area contributed by atoms with Gasteiger partial charge in [-0.05, 0) is 45.2 Å². The molecule has 2 rings (SSSR count). The minimum absolute atomic E-state index is 0.0281. The summed E-state index contributed by atoms with van der Waals surface area (Å²) in [6.45, 7) is 10.3. The predicted molar refractivity (Wildman–Crippen MR) is 114 cm³/mol. The quantitative estimate of drug-likeness (QED) is 0.747. The van der Waals surface area contributed by atoms with Crippen molar-refractivity contribution >= 4 is 11.8 Å². The number of amides is 2. The van der Waals surface area contributed by atoms with E-state index in [9.17, 15) is 9.59 Å². The third kappa shape index (κ3) is 6.22. The summed E-state index contributed by atoms with van der Waals surface area (Å²) in [5, 5.41) is 2.96. The normalized spacial score (nSPS) is 11.9. The van der Waals surface area contributed by atoms with Gasteiger partial charge in [-0.1, -0.05) is 66.6 Å². The third-order valence-electron chi connectivity index (χ3n) is 4.65. The van der Waals surface area contributed by atoms with Crippen LogP contribution in [0.4, 0.5) is 0 Å². The predicted octanol–water partition coefficient (Wildman–Crippen LogP) is 4.18. The van der Waals surface area contributed by atoms with Crippen LogP contribution in [0.1, 0.15) is 49.4 Å². The summed E-state index contributed by atoms with van der Waals surface area (Å²) in [5.41, 5.74) is 4.29. The first-order valence-electron chi connectivity index (χ1n) is 10.0. The van der Waals surface area contributed by atoms with Crippen molar-refractivity contribution in [2.45, 2.75) is 66.1 Å². The zero-order chi connectivity index (χ0) is 20.7. The van der Waals surface area contributed by atoms with Crippen LogP contribution in [0, 0.1) is 13.8 Å². The van der Waals surface area contributed by atoms with E-state index in [1.807, 2.05) is 77.1 Å². The minimum atomic E-state index is -0.485. The Balaban J connectivity index is 2.29. The van der Waals surface area contributed by atoms with Crippen LogP contribution in [0.2, 0.25) is 0 Å². The molecule has 0 saturated carbocycles. The number of nitrogens with zero attached hydrogens (tertiary/aromatic N) is 1. The van der Waals surface area contributed by atoms with E-state index in [0.717, 1.165) is 22.3 Å². The first-order valence-corrected chi connectivity index (χ1v) is 10.0. The average molecular weight is 381 g/mol. The van der Waals surface area contributed by atoms with Crippen molar-refractivity contribution in [1.29, 1.82) is 0 Å². The molecule has 0 radical (unpaired) electrons. The van der Waals surface area contributed by atoms with Crippen molar-refractivity contribution in [3.63, 3.8) is 0 Å². The maximum atomic E-state index is 13.3. The lowest BCUT2D eigenvalue weighted by Gasteiger charge is -2.31. The zero-order valence-electron chi connectivity index (χ0n) is 17.7. The monoisotopic (exact) mass is 380 g/mol. The van der Waals surface area contributed by atoms with Crippen molar-refractivity contribution in [2.75, 3.05) is 0 Å². The van der Waals surface area contributed by atoms with Gasteiger partial charge in [0.25, 0.3) is 0 Å². The molecule has 1 atom stereocenters. The Kier molecular flexibility index (Phi) is 7.80. The fourth-order valence-corrected chi connectivity index (χ4v) is 3.53. The number of carbonyl (C=O) groups excluding carboxylic acids is 2. The molecule has 28 heavy (non-hydrogen) atoms. The summed E-state index contributed by atoms with van der Waals surface area (Å²) in [6, 6.07) is 15.6. The number of nitrogens with one attached hydrogen (secondary N) is 1. The molecule has 4 heteroatoms. The zero-order valence-corrected chi connectivity index (χ0v) is 17.7.